The minimum atomic E-state index is -5.21. The number of alkyl carbamates (subject to hydrolysis) is 1. The second-order valence-corrected chi connectivity index (χ2v) is 16.8. The number of nitrogens with zero attached hydrogens (tertiary/aromatic N) is 5. The van der Waals surface area contributed by atoms with Gasteiger partial charge in [0, 0.05) is 36.2 Å². The first kappa shape index (κ1) is 44.3. The molecule has 0 radical (unpaired) electrons. The van der Waals surface area contributed by atoms with Crippen molar-refractivity contribution in [3.63, 3.8) is 0 Å². The number of hydrogen-bond acceptors (Lipinski definition) is 12. The molecule has 1 aliphatic rings. The van der Waals surface area contributed by atoms with Gasteiger partial charge in [0.15, 0.2) is 4.90 Å². The summed E-state index contributed by atoms with van der Waals surface area (Å²) in [5.41, 5.74) is -1.48. The van der Waals surface area contributed by atoms with Crippen molar-refractivity contribution in [2.45, 2.75) is 63.4 Å². The van der Waals surface area contributed by atoms with E-state index in [9.17, 15) is 38.2 Å². The summed E-state index contributed by atoms with van der Waals surface area (Å²) < 4.78 is 77.7. The second-order valence-electron chi connectivity index (χ2n) is 14.9. The molecule has 0 fully saturated rings. The number of ether oxygens (including phenoxy) is 3. The zero-order valence-corrected chi connectivity index (χ0v) is 34.3. The molecule has 324 valence electrons. The van der Waals surface area contributed by atoms with Gasteiger partial charge in [0.05, 0.1) is 34.7 Å². The molecule has 0 saturated carbocycles. The summed E-state index contributed by atoms with van der Waals surface area (Å²) in [6, 6.07) is 27.2. The molecular formula is C42H40F2N6O11S. The molecule has 0 bridgehead atoms. The monoisotopic (exact) mass is 874 g/mol. The third kappa shape index (κ3) is 10.6. The highest BCUT2D eigenvalue weighted by Gasteiger charge is 2.41. The van der Waals surface area contributed by atoms with Crippen LogP contribution in [0, 0.1) is 20.2 Å². The van der Waals surface area contributed by atoms with Crippen molar-refractivity contribution in [2.75, 3.05) is 22.3 Å². The van der Waals surface area contributed by atoms with Gasteiger partial charge in [-0.2, -0.15) is 4.98 Å². The summed E-state index contributed by atoms with van der Waals surface area (Å²) in [7, 11) is -5.21. The molecule has 4 aromatic carbocycles. The van der Waals surface area contributed by atoms with Gasteiger partial charge in [0.2, 0.25) is 11.8 Å². The normalized spacial score (nSPS) is 12.7. The number of alkyl halides is 2. The van der Waals surface area contributed by atoms with Gasteiger partial charge in [-0.15, -0.1) is 0 Å². The van der Waals surface area contributed by atoms with E-state index in [0.29, 0.717) is 16.4 Å². The van der Waals surface area contributed by atoms with Crippen molar-refractivity contribution in [3.8, 4) is 11.8 Å². The summed E-state index contributed by atoms with van der Waals surface area (Å²) in [4.78, 5) is 52.8. The number of nitrogens with one attached hydrogen (secondary N) is 1. The first-order valence-corrected chi connectivity index (χ1v) is 20.4. The number of sulfonamides is 1. The first-order chi connectivity index (χ1) is 29.3. The Labute approximate surface area is 354 Å². The highest BCUT2D eigenvalue weighted by Crippen LogP contribution is 2.42. The molecule has 2 heterocycles. The number of carbonyl (C=O) groups is 2. The minimum Gasteiger partial charge on any atom is -0.473 e. The van der Waals surface area contributed by atoms with Crippen LogP contribution in [0.3, 0.4) is 0 Å². The molecule has 6 rings (SSSR count). The molecule has 2 amide bonds. The van der Waals surface area contributed by atoms with E-state index in [-0.39, 0.29) is 54.0 Å². The molecule has 5 aromatic rings. The standard InChI is InChI=1S/C42H40F2N6O11S/c1-41(2,3)61-40(52)45-27-42(43,44)21-22-48(62(57,58)36-19-17-30(49(53)54)23-35(36)50(55)56)33-16-10-15-31-32(33)24-47(39(31)51)34-18-20-37(59-25-28-11-6-4-7-12-28)46-38(34)60-26-29-13-8-5-9-14-29/h4-20,23H,21-22,24-27H2,1-3H3,(H,45,52). The Kier molecular flexibility index (Phi) is 13.0. The van der Waals surface area contributed by atoms with Crippen molar-refractivity contribution in [2.24, 2.45) is 0 Å². The van der Waals surface area contributed by atoms with Crippen LogP contribution < -0.4 is 24.0 Å². The van der Waals surface area contributed by atoms with E-state index in [1.165, 1.54) is 56.0 Å². The molecule has 0 atom stereocenters. The number of non-ortho nitro benzene ring substituents is 1. The summed E-state index contributed by atoms with van der Waals surface area (Å²) in [5, 5.41) is 25.6. The van der Waals surface area contributed by atoms with Crippen LogP contribution in [0.4, 0.5) is 36.3 Å². The number of aromatic nitrogens is 1. The maximum atomic E-state index is 15.5. The Balaban J connectivity index is 1.38. The Bertz CT molecular complexity index is 2600. The first-order valence-electron chi connectivity index (χ1n) is 18.9. The molecule has 0 saturated heterocycles. The predicted octanol–water partition coefficient (Wildman–Crippen LogP) is 7.96. The van der Waals surface area contributed by atoms with E-state index >= 15 is 8.78 Å². The number of nitro benzene ring substituents is 2. The van der Waals surface area contributed by atoms with Gasteiger partial charge >= 0.3 is 6.09 Å². The van der Waals surface area contributed by atoms with Gasteiger partial charge in [0.1, 0.15) is 24.5 Å². The van der Waals surface area contributed by atoms with Crippen LogP contribution in [0.5, 0.6) is 11.8 Å². The molecule has 0 aliphatic carbocycles. The van der Waals surface area contributed by atoms with Crippen molar-refractivity contribution in [1.82, 2.24) is 10.3 Å². The average Bonchev–Trinajstić information content (AvgIpc) is 3.57. The van der Waals surface area contributed by atoms with Gasteiger partial charge in [-0.25, -0.2) is 22.0 Å². The fraction of sp³-hybridized carbons (Fsp3) is 0.262. The Hall–Kier alpha value is -7.22. The molecule has 17 nitrogen and oxygen atoms in total. The van der Waals surface area contributed by atoms with E-state index in [0.717, 1.165) is 17.2 Å². The van der Waals surface area contributed by atoms with Gasteiger partial charge in [0.25, 0.3) is 33.2 Å². The van der Waals surface area contributed by atoms with Crippen LogP contribution in [0.15, 0.2) is 114 Å². The summed E-state index contributed by atoms with van der Waals surface area (Å²) in [6.07, 6.45) is -2.39. The second kappa shape index (κ2) is 18.2. The number of anilines is 2. The topological polar surface area (TPSA) is 214 Å². The van der Waals surface area contributed by atoms with E-state index in [2.05, 4.69) is 4.98 Å². The number of hydrogen-bond donors (Lipinski definition) is 1. The lowest BCUT2D eigenvalue weighted by Gasteiger charge is -2.28. The van der Waals surface area contributed by atoms with Crippen molar-refractivity contribution in [3.05, 3.63) is 152 Å². The Morgan fingerprint density at radius 2 is 1.52 bits per heavy atom. The third-order valence-corrected chi connectivity index (χ3v) is 11.1. The molecule has 0 unspecified atom stereocenters. The number of rotatable bonds is 17. The van der Waals surface area contributed by atoms with Crippen LogP contribution in [-0.4, -0.2) is 59.9 Å². The maximum Gasteiger partial charge on any atom is 0.407 e. The quantitative estimate of drug-likeness (QED) is 0.0696. The van der Waals surface area contributed by atoms with E-state index in [4.69, 9.17) is 14.2 Å². The zero-order valence-electron chi connectivity index (χ0n) is 33.5. The summed E-state index contributed by atoms with van der Waals surface area (Å²) in [5.74, 6) is -4.27. The summed E-state index contributed by atoms with van der Waals surface area (Å²) >= 11 is 0. The fourth-order valence-electron chi connectivity index (χ4n) is 6.35. The minimum absolute atomic E-state index is 0.0229. The van der Waals surface area contributed by atoms with Gasteiger partial charge in [-0.3, -0.25) is 34.2 Å². The van der Waals surface area contributed by atoms with Crippen LogP contribution in [0.1, 0.15) is 54.2 Å². The lowest BCUT2D eigenvalue weighted by atomic mass is 10.1. The van der Waals surface area contributed by atoms with Crippen LogP contribution in [0.2, 0.25) is 0 Å². The maximum absolute atomic E-state index is 15.5. The van der Waals surface area contributed by atoms with Crippen molar-refractivity contribution < 1.29 is 50.8 Å². The van der Waals surface area contributed by atoms with Crippen molar-refractivity contribution >= 4 is 44.8 Å². The molecule has 1 aromatic heterocycles. The average molecular weight is 875 g/mol. The predicted molar refractivity (Wildman–Crippen MR) is 221 cm³/mol. The smallest absolute Gasteiger partial charge is 0.407 e. The Morgan fingerprint density at radius 1 is 0.871 bits per heavy atom. The van der Waals surface area contributed by atoms with Gasteiger partial charge < -0.3 is 19.5 Å². The molecular weight excluding hydrogens is 835 g/mol. The SMILES string of the molecule is CC(C)(C)OC(=O)NCC(F)(F)CCN(c1cccc2c1CN(c1ccc(OCc3ccccc3)nc1OCc1ccccc1)C2=O)S(=O)(=O)c1ccc([N+](=O)[O-])cc1[N+](=O)[O-]. The highest BCUT2D eigenvalue weighted by molar-refractivity contribution is 7.93. The fourth-order valence-corrected chi connectivity index (χ4v) is 7.99. The number of carbonyl (C=O) groups excluding carboxylic acids is 2. The van der Waals surface area contributed by atoms with Gasteiger partial charge in [-0.1, -0.05) is 66.7 Å². The number of benzene rings is 4. The highest BCUT2D eigenvalue weighted by atomic mass is 32.2. The number of fused-ring (bicyclic) bond motifs is 1. The number of halogens is 2. The third-order valence-electron chi connectivity index (χ3n) is 9.25. The molecule has 1 aliphatic heterocycles. The Morgan fingerprint density at radius 3 is 2.13 bits per heavy atom. The molecule has 20 heteroatoms. The van der Waals surface area contributed by atoms with Gasteiger partial charge in [-0.05, 0) is 56.2 Å². The zero-order chi connectivity index (χ0) is 44.8. The number of nitro groups is 2. The van der Waals surface area contributed by atoms with Crippen LogP contribution in [0.25, 0.3) is 0 Å². The largest absolute Gasteiger partial charge is 0.473 e. The van der Waals surface area contributed by atoms with E-state index in [1.807, 2.05) is 66.0 Å². The summed E-state index contributed by atoms with van der Waals surface area (Å²) in [6.45, 7) is 2.13. The van der Waals surface area contributed by atoms with Crippen LogP contribution in [-0.2, 0) is 34.5 Å². The van der Waals surface area contributed by atoms with E-state index in [1.54, 1.807) is 0 Å². The number of pyridine rings is 1. The number of amides is 2. The lowest BCUT2D eigenvalue weighted by Crippen LogP contribution is -2.42. The molecule has 1 N–H and O–H groups in total. The lowest BCUT2D eigenvalue weighted by molar-refractivity contribution is -0.396. The molecule has 62 heavy (non-hydrogen) atoms. The molecule has 0 spiro atoms. The van der Waals surface area contributed by atoms with Crippen molar-refractivity contribution in [1.29, 1.82) is 0 Å². The van der Waals surface area contributed by atoms with E-state index < -0.39 is 79.2 Å². The van der Waals surface area contributed by atoms with Crippen LogP contribution >= 0.6 is 0 Å².